The molecule has 0 radical (unpaired) electrons. The largest absolute Gasteiger partial charge is 0.491 e. The Balaban J connectivity index is 1.60. The number of hydrogen-bond acceptors (Lipinski definition) is 3. The third-order valence-electron chi connectivity index (χ3n) is 4.81. The lowest BCUT2D eigenvalue weighted by molar-refractivity contribution is 0.252. The van der Waals surface area contributed by atoms with E-state index in [9.17, 15) is 4.79 Å². The van der Waals surface area contributed by atoms with Crippen molar-refractivity contribution >= 4 is 44.2 Å². The van der Waals surface area contributed by atoms with Crippen LogP contribution in [0.1, 0.15) is 0 Å². The molecule has 1 fully saturated rings. The molecule has 7 heteroatoms. The summed E-state index contributed by atoms with van der Waals surface area (Å²) in [4.78, 5) is 17.1. The highest BCUT2D eigenvalue weighted by Gasteiger charge is 2.22. The summed E-state index contributed by atoms with van der Waals surface area (Å²) >= 11 is 3.55. The van der Waals surface area contributed by atoms with Gasteiger partial charge in [-0.2, -0.15) is 0 Å². The van der Waals surface area contributed by atoms with Crippen molar-refractivity contribution in [3.8, 4) is 17.0 Å². The number of carbonyl (C=O) groups is 1. The normalized spacial score (nSPS) is 16.2. The van der Waals surface area contributed by atoms with Crippen LogP contribution in [0, 0.1) is 0 Å². The van der Waals surface area contributed by atoms with E-state index >= 15 is 0 Å². The Morgan fingerprint density at radius 1 is 1.08 bits per heavy atom. The van der Waals surface area contributed by atoms with Crippen molar-refractivity contribution in [3.05, 3.63) is 40.9 Å². The Morgan fingerprint density at radius 3 is 2.69 bits per heavy atom. The molecule has 2 aliphatic rings. The number of carbonyl (C=O) groups excluding carboxylic acids is 1. The van der Waals surface area contributed by atoms with Crippen molar-refractivity contribution in [1.29, 1.82) is 0 Å². The molecule has 132 valence electrons. The Hall–Kier alpha value is -2.67. The second kappa shape index (κ2) is 5.95. The van der Waals surface area contributed by atoms with E-state index in [4.69, 9.17) is 4.74 Å². The van der Waals surface area contributed by atoms with Gasteiger partial charge in [0.2, 0.25) is 0 Å². The zero-order chi connectivity index (χ0) is 17.7. The van der Waals surface area contributed by atoms with Gasteiger partial charge in [-0.25, -0.2) is 4.79 Å². The molecule has 0 saturated carbocycles. The van der Waals surface area contributed by atoms with Crippen LogP contribution >= 0.6 is 15.9 Å². The quantitative estimate of drug-likeness (QED) is 0.597. The molecule has 5 rings (SSSR count). The topological polar surface area (TPSA) is 69.4 Å². The van der Waals surface area contributed by atoms with E-state index in [1.807, 2.05) is 30.3 Å². The molecular formula is C19H17BrN4O2. The minimum atomic E-state index is -0.0387. The average molecular weight is 413 g/mol. The zero-order valence-corrected chi connectivity index (χ0v) is 15.5. The smallest absolute Gasteiger partial charge is 0.321 e. The van der Waals surface area contributed by atoms with E-state index in [0.717, 1.165) is 50.3 Å². The number of nitrogens with zero attached hydrogens (tertiary/aromatic N) is 1. The zero-order valence-electron chi connectivity index (χ0n) is 13.9. The van der Waals surface area contributed by atoms with Gasteiger partial charge >= 0.3 is 6.03 Å². The van der Waals surface area contributed by atoms with Gasteiger partial charge in [0.05, 0.1) is 22.3 Å². The molecule has 2 aliphatic heterocycles. The van der Waals surface area contributed by atoms with Crippen LogP contribution in [0.5, 0.6) is 5.75 Å². The third kappa shape index (κ3) is 2.42. The number of ether oxygens (including phenoxy) is 1. The molecule has 2 aromatic carbocycles. The highest BCUT2D eigenvalue weighted by Crippen LogP contribution is 2.42. The first-order valence-electron chi connectivity index (χ1n) is 8.58. The molecule has 6 nitrogen and oxygen atoms in total. The third-order valence-corrected chi connectivity index (χ3v) is 5.27. The molecule has 3 heterocycles. The Kier molecular flexibility index (Phi) is 3.56. The molecular weight excluding hydrogens is 396 g/mol. The molecule has 0 aliphatic carbocycles. The summed E-state index contributed by atoms with van der Waals surface area (Å²) in [6, 6.07) is 12.1. The molecule has 0 atom stereocenters. The summed E-state index contributed by atoms with van der Waals surface area (Å²) < 4.78 is 6.87. The first-order chi connectivity index (χ1) is 12.7. The van der Waals surface area contributed by atoms with Crippen LogP contribution in [-0.4, -0.2) is 37.3 Å². The van der Waals surface area contributed by atoms with Crippen LogP contribution in [0.4, 0.5) is 16.2 Å². The van der Waals surface area contributed by atoms with Crippen LogP contribution in [0.25, 0.3) is 22.2 Å². The first-order valence-corrected chi connectivity index (χ1v) is 9.38. The second-order valence-corrected chi connectivity index (χ2v) is 7.32. The Labute approximate surface area is 158 Å². The number of aromatic nitrogens is 1. The van der Waals surface area contributed by atoms with Crippen molar-refractivity contribution < 1.29 is 9.53 Å². The number of halogens is 1. The number of urea groups is 1. The molecule has 1 saturated heterocycles. The highest BCUT2D eigenvalue weighted by atomic mass is 79.9. The number of rotatable bonds is 2. The lowest BCUT2D eigenvalue weighted by atomic mass is 10.1. The van der Waals surface area contributed by atoms with Crippen LogP contribution in [0.2, 0.25) is 0 Å². The minimum absolute atomic E-state index is 0.0387. The van der Waals surface area contributed by atoms with E-state index in [0.29, 0.717) is 19.7 Å². The van der Waals surface area contributed by atoms with Gasteiger partial charge < -0.3 is 20.4 Å². The van der Waals surface area contributed by atoms with E-state index in [1.54, 1.807) is 4.90 Å². The van der Waals surface area contributed by atoms with Crippen molar-refractivity contribution in [2.75, 3.05) is 36.5 Å². The molecule has 26 heavy (non-hydrogen) atoms. The lowest BCUT2D eigenvalue weighted by Gasteiger charge is -2.14. The maximum atomic E-state index is 11.8. The molecule has 0 spiro atoms. The van der Waals surface area contributed by atoms with Gasteiger partial charge in [0, 0.05) is 35.4 Å². The fraction of sp³-hybridized carbons (Fsp3) is 0.211. The number of anilines is 2. The summed E-state index contributed by atoms with van der Waals surface area (Å²) in [5.41, 5.74) is 5.09. The van der Waals surface area contributed by atoms with Gasteiger partial charge in [-0.3, -0.25) is 4.90 Å². The molecule has 0 bridgehead atoms. The number of H-pyrrole nitrogens is 1. The van der Waals surface area contributed by atoms with Gasteiger partial charge in [-0.15, -0.1) is 0 Å². The summed E-state index contributed by atoms with van der Waals surface area (Å²) in [7, 11) is 0. The van der Waals surface area contributed by atoms with Gasteiger partial charge in [0.15, 0.2) is 0 Å². The maximum Gasteiger partial charge on any atom is 0.321 e. The van der Waals surface area contributed by atoms with Gasteiger partial charge in [-0.05, 0) is 24.3 Å². The number of amides is 2. The number of benzene rings is 2. The monoisotopic (exact) mass is 412 g/mol. The Morgan fingerprint density at radius 2 is 1.92 bits per heavy atom. The van der Waals surface area contributed by atoms with E-state index < -0.39 is 0 Å². The molecule has 1 aromatic heterocycles. The van der Waals surface area contributed by atoms with Gasteiger partial charge in [0.1, 0.15) is 12.4 Å². The number of nitrogens with one attached hydrogen (secondary N) is 3. The van der Waals surface area contributed by atoms with Crippen LogP contribution in [0.15, 0.2) is 40.9 Å². The summed E-state index contributed by atoms with van der Waals surface area (Å²) in [5.74, 6) is 0.877. The van der Waals surface area contributed by atoms with Crippen molar-refractivity contribution in [2.45, 2.75) is 0 Å². The fourth-order valence-electron chi connectivity index (χ4n) is 3.63. The summed E-state index contributed by atoms with van der Waals surface area (Å²) in [6.07, 6.45) is 0. The highest BCUT2D eigenvalue weighted by molar-refractivity contribution is 9.10. The van der Waals surface area contributed by atoms with E-state index in [-0.39, 0.29) is 6.03 Å². The molecule has 0 unspecified atom stereocenters. The van der Waals surface area contributed by atoms with E-state index in [2.05, 4.69) is 37.6 Å². The van der Waals surface area contributed by atoms with Crippen molar-refractivity contribution in [3.63, 3.8) is 0 Å². The predicted molar refractivity (Wildman–Crippen MR) is 106 cm³/mol. The number of hydrogen-bond donors (Lipinski definition) is 3. The molecule has 2 amide bonds. The minimum Gasteiger partial charge on any atom is -0.491 e. The Bertz CT molecular complexity index is 1010. The fourth-order valence-corrected chi connectivity index (χ4v) is 4.07. The van der Waals surface area contributed by atoms with Gasteiger partial charge in [0.25, 0.3) is 0 Å². The lowest BCUT2D eigenvalue weighted by Crippen LogP contribution is -2.27. The van der Waals surface area contributed by atoms with Gasteiger partial charge in [-0.1, -0.05) is 28.1 Å². The standard InChI is InChI=1S/C19H17BrN4O2/c20-12-9-14-16-15(10-12)26-8-6-21-18(16)17(23-14)11-1-3-13(4-2-11)24-7-5-22-19(24)25/h1-4,9-10,21,23H,5-8H2,(H,22,25). The molecule has 3 aromatic rings. The first kappa shape index (κ1) is 15.6. The van der Waals surface area contributed by atoms with Crippen LogP contribution < -0.4 is 20.3 Å². The maximum absolute atomic E-state index is 11.8. The van der Waals surface area contributed by atoms with E-state index in [1.165, 1.54) is 0 Å². The average Bonchev–Trinajstić information content (AvgIpc) is 3.15. The summed E-state index contributed by atoms with van der Waals surface area (Å²) in [6.45, 7) is 2.77. The van der Waals surface area contributed by atoms with Crippen LogP contribution in [-0.2, 0) is 0 Å². The van der Waals surface area contributed by atoms with Crippen LogP contribution in [0.3, 0.4) is 0 Å². The molecule has 3 N–H and O–H groups in total. The SMILES string of the molecule is O=C1NCCN1c1ccc(-c2[nH]c3cc(Br)cc4c3c2NCCO4)cc1. The summed E-state index contributed by atoms with van der Waals surface area (Å²) in [5, 5.41) is 7.39. The second-order valence-electron chi connectivity index (χ2n) is 6.41. The number of aromatic amines is 1. The predicted octanol–water partition coefficient (Wildman–Crippen LogP) is 3.93. The van der Waals surface area contributed by atoms with Crippen molar-refractivity contribution in [1.82, 2.24) is 10.3 Å². The van der Waals surface area contributed by atoms with Crippen molar-refractivity contribution in [2.24, 2.45) is 0 Å².